The maximum Gasteiger partial charge on any atom is 1.00 e. The van der Waals surface area contributed by atoms with Crippen LogP contribution < -0.4 is 29.6 Å². The number of rotatable bonds is 0. The molecule has 25 heavy (non-hydrogen) atoms. The van der Waals surface area contributed by atoms with Crippen molar-refractivity contribution in [3.63, 3.8) is 0 Å². The normalized spacial score (nSPS) is 8.40. The molecule has 0 aliphatic rings. The van der Waals surface area contributed by atoms with Crippen LogP contribution in [0.2, 0.25) is 0 Å². The Morgan fingerprint density at radius 1 is 0.320 bits per heavy atom. The molecule has 0 aliphatic heterocycles. The first-order valence-corrected chi connectivity index (χ1v) is 9.57. The van der Waals surface area contributed by atoms with Gasteiger partial charge in [0.15, 0.2) is 0 Å². The first-order chi connectivity index (χ1) is 10.4. The molecule has 0 rings (SSSR count). The van der Waals surface area contributed by atoms with Crippen molar-refractivity contribution in [2.75, 3.05) is 0 Å². The van der Waals surface area contributed by atoms with E-state index < -0.39 is 68.2 Å². The fraction of sp³-hybridized carbons (Fsp3) is 0. The van der Waals surface area contributed by atoms with Gasteiger partial charge in [-0.25, -0.2) is 0 Å². The fourth-order valence-electron chi connectivity index (χ4n) is 0. The molecule has 0 saturated carbocycles. The van der Waals surface area contributed by atoms with Gasteiger partial charge in [-0.05, 0) is 0 Å². The van der Waals surface area contributed by atoms with Crippen LogP contribution in [-0.2, 0) is 68.2 Å². The second kappa shape index (κ2) is 40.2. The Balaban J connectivity index is -0.0000000245. The zero-order chi connectivity index (χ0) is 21.5. The van der Waals surface area contributed by atoms with E-state index in [1.165, 1.54) is 0 Å². The van der Waals surface area contributed by atoms with Crippen molar-refractivity contribution in [2.45, 2.75) is 0 Å². The average Bonchev–Trinajstić information content (AvgIpc) is 2.08. The van der Waals surface area contributed by atoms with E-state index in [2.05, 4.69) is 0 Å². The molecule has 0 saturated heterocycles. The summed E-state index contributed by atoms with van der Waals surface area (Å²) in [5.74, 6) is 0. The Kier molecular flexibility index (Phi) is 72.8. The third-order valence-electron chi connectivity index (χ3n) is 0. The van der Waals surface area contributed by atoms with Gasteiger partial charge in [0.1, 0.15) is 0 Å². The molecule has 0 atom stereocenters. The zero-order valence-electron chi connectivity index (χ0n) is 12.3. The van der Waals surface area contributed by atoms with Crippen LogP contribution in [0.3, 0.4) is 0 Å². The van der Waals surface area contributed by atoms with Gasteiger partial charge >= 0.3 is 29.6 Å². The summed E-state index contributed by atoms with van der Waals surface area (Å²) in [6, 6.07) is 0. The first-order valence-electron chi connectivity index (χ1n) is 3.19. The Hall–Kier alpha value is 1.42. The summed E-state index contributed by atoms with van der Waals surface area (Å²) in [5.41, 5.74) is 0. The van der Waals surface area contributed by atoms with E-state index in [0.29, 0.717) is 0 Å². The molecule has 0 unspecified atom stereocenters. The molecule has 0 spiro atoms. The molecule has 0 aliphatic carbocycles. The molecule has 18 nitrogen and oxygen atoms in total. The van der Waals surface area contributed by atoms with E-state index in [0.717, 1.165) is 0 Å². The van der Waals surface area contributed by atoms with E-state index in [-0.39, 0.29) is 31.0 Å². The van der Waals surface area contributed by atoms with Crippen LogP contribution in [-0.4, -0.2) is 79.9 Å². The quantitative estimate of drug-likeness (QED) is 0.106. The van der Waals surface area contributed by atoms with Crippen LogP contribution >= 0.6 is 0 Å². The Labute approximate surface area is 178 Å². The summed E-state index contributed by atoms with van der Waals surface area (Å²) >= 11 is -15.7. The van der Waals surface area contributed by atoms with E-state index >= 15 is 0 Å². The van der Waals surface area contributed by atoms with Crippen LogP contribution in [0.4, 0.5) is 0 Å². The van der Waals surface area contributed by atoms with Crippen molar-refractivity contribution in [3.8, 4) is 0 Å². The molecule has 0 aromatic carbocycles. The van der Waals surface area contributed by atoms with Crippen molar-refractivity contribution in [1.29, 1.82) is 0 Å². The van der Waals surface area contributed by atoms with E-state index in [1.807, 2.05) is 0 Å². The molecule has 0 aromatic rings. The molecule has 0 fully saturated rings. The summed E-state index contributed by atoms with van der Waals surface area (Å²) in [7, 11) is 0. The summed E-state index contributed by atoms with van der Waals surface area (Å²) in [6.07, 6.45) is 0. The van der Waals surface area contributed by atoms with E-state index in [1.54, 1.807) is 0 Å². The summed E-state index contributed by atoms with van der Waals surface area (Å²) in [6.45, 7) is 0. The van der Waals surface area contributed by atoms with Crippen LogP contribution in [0.25, 0.3) is 0 Å². The maximum atomic E-state index is 8.67. The molecule has 25 heteroatoms. The molecule has 0 amide bonds. The zero-order valence-corrected chi connectivity index (χ0v) is 18.2. The third-order valence-corrected chi connectivity index (χ3v) is 0. The SMILES string of the molecule is O=S(O)O.O=S(O)O.O=S(O)O.O=S(O)O.O=S(O)O.O=S(O)O.[H-].[Na+]. The fourth-order valence-corrected chi connectivity index (χ4v) is 0. The van der Waals surface area contributed by atoms with Gasteiger partial charge in [0.25, 0.3) is 68.2 Å². The van der Waals surface area contributed by atoms with Crippen molar-refractivity contribution in [2.24, 2.45) is 0 Å². The molecular weight excluding hydrogens is 503 g/mol. The van der Waals surface area contributed by atoms with Gasteiger partial charge in [0, 0.05) is 0 Å². The minimum Gasteiger partial charge on any atom is -1.00 e. The molecule has 0 heterocycles. The summed E-state index contributed by atoms with van der Waals surface area (Å²) < 4.78 is 137. The Bertz CT molecular complexity index is 263. The van der Waals surface area contributed by atoms with Gasteiger partial charge in [0.05, 0.1) is 0 Å². The van der Waals surface area contributed by atoms with Gasteiger partial charge in [-0.2, -0.15) is 25.3 Å². The van der Waals surface area contributed by atoms with Crippen LogP contribution in [0.1, 0.15) is 1.43 Å². The second-order valence-electron chi connectivity index (χ2n) is 1.38. The van der Waals surface area contributed by atoms with Crippen LogP contribution in [0.15, 0.2) is 0 Å². The molecule has 158 valence electrons. The third kappa shape index (κ3) is 6910. The average molecular weight is 516 g/mol. The van der Waals surface area contributed by atoms with Crippen LogP contribution in [0.5, 0.6) is 0 Å². The first kappa shape index (κ1) is 45.3. The van der Waals surface area contributed by atoms with Gasteiger partial charge in [-0.15, -0.1) is 0 Å². The van der Waals surface area contributed by atoms with Gasteiger partial charge in [-0.1, -0.05) is 0 Å². The minimum absolute atomic E-state index is 0. The Morgan fingerprint density at radius 3 is 0.320 bits per heavy atom. The predicted octanol–water partition coefficient (Wildman–Crippen LogP) is -4.80. The molecule has 0 radical (unpaired) electrons. The molecule has 12 N–H and O–H groups in total. The van der Waals surface area contributed by atoms with Crippen LogP contribution in [0, 0.1) is 0 Å². The van der Waals surface area contributed by atoms with Crippen molar-refractivity contribution in [1.82, 2.24) is 0 Å². The predicted molar refractivity (Wildman–Crippen MR) is 81.5 cm³/mol. The second-order valence-corrected chi connectivity index (χ2v) is 4.15. The topological polar surface area (TPSA) is 345 Å². The number of hydrogen-bond donors (Lipinski definition) is 12. The van der Waals surface area contributed by atoms with E-state index in [9.17, 15) is 0 Å². The standard InChI is InChI=1S/Na.6H2O3S.H/c;6*1-4(2)3;/h;6*(H2,1,2,3);/q+1;;;;;;;-1. The summed E-state index contributed by atoms with van der Waals surface area (Å²) in [5, 5.41) is 0. The smallest absolute Gasteiger partial charge is 1.00 e. The maximum absolute atomic E-state index is 8.67. The van der Waals surface area contributed by atoms with Crippen molar-refractivity contribution in [3.05, 3.63) is 0 Å². The monoisotopic (exact) mass is 516 g/mol. The minimum atomic E-state index is -2.61. The van der Waals surface area contributed by atoms with Gasteiger partial charge in [-0.3, -0.25) is 54.6 Å². The van der Waals surface area contributed by atoms with Gasteiger partial charge in [0.2, 0.25) is 0 Å². The largest absolute Gasteiger partial charge is 1.00 e. The molecular formula is H13NaO18S6. The van der Waals surface area contributed by atoms with E-state index in [4.69, 9.17) is 79.9 Å². The van der Waals surface area contributed by atoms with Crippen molar-refractivity contribution < 1.29 is 111 Å². The molecule has 0 bridgehead atoms. The number of hydrogen-bond acceptors (Lipinski definition) is 6. The summed E-state index contributed by atoms with van der Waals surface area (Å²) in [4.78, 5) is 0. The Morgan fingerprint density at radius 2 is 0.320 bits per heavy atom. The van der Waals surface area contributed by atoms with Crippen molar-refractivity contribution >= 4 is 68.2 Å². The van der Waals surface area contributed by atoms with Gasteiger partial charge < -0.3 is 1.43 Å². The molecule has 0 aromatic heterocycles.